The van der Waals surface area contributed by atoms with Crippen LogP contribution in [-0.2, 0) is 4.79 Å². The molecule has 0 bridgehead atoms. The van der Waals surface area contributed by atoms with Gasteiger partial charge in [0, 0.05) is 0 Å². The average molecular weight is 278 g/mol. The number of halogens is 2. The lowest BCUT2D eigenvalue weighted by molar-refractivity contribution is -0.117. The fraction of sp³-hybridized carbons (Fsp3) is 0.300. The van der Waals surface area contributed by atoms with E-state index in [1.165, 1.54) is 0 Å². The Labute approximate surface area is 96.3 Å². The van der Waals surface area contributed by atoms with Crippen molar-refractivity contribution in [2.24, 2.45) is 0 Å². The first-order valence-electron chi connectivity index (χ1n) is 4.25. The van der Waals surface area contributed by atoms with Gasteiger partial charge in [-0.3, -0.25) is 4.79 Å². The number of carbonyl (C=O) groups is 1. The molecular weight excluding hydrogens is 267 g/mol. The van der Waals surface area contributed by atoms with Crippen molar-refractivity contribution >= 4 is 32.8 Å². The Bertz CT molecular complexity index is 328. The molecule has 76 valence electrons. The second kappa shape index (κ2) is 5.37. The minimum Gasteiger partial charge on any atom is -0.480 e. The topological polar surface area (TPSA) is 26.3 Å². The van der Waals surface area contributed by atoms with Gasteiger partial charge in [0.1, 0.15) is 5.75 Å². The van der Waals surface area contributed by atoms with Crippen molar-refractivity contribution in [2.45, 2.75) is 19.4 Å². The summed E-state index contributed by atoms with van der Waals surface area (Å²) in [5.74, 6) is 0.633. The highest BCUT2D eigenvalue weighted by Crippen LogP contribution is 2.25. The summed E-state index contributed by atoms with van der Waals surface area (Å²) >= 11 is 8.69. The van der Waals surface area contributed by atoms with Crippen LogP contribution < -0.4 is 4.74 Å². The highest BCUT2D eigenvalue weighted by atomic mass is 79.9. The molecule has 0 heterocycles. The van der Waals surface area contributed by atoms with Crippen molar-refractivity contribution in [1.29, 1.82) is 0 Å². The standard InChI is InChI=1S/C10H10BrClO2/c1-2-8(10(12)13)14-9-6-4-3-5-7(9)11/h3-6,8H,2H2,1H3. The Hall–Kier alpha value is -0.540. The molecule has 1 aromatic rings. The van der Waals surface area contributed by atoms with E-state index in [0.717, 1.165) is 4.47 Å². The zero-order chi connectivity index (χ0) is 10.6. The largest absolute Gasteiger partial charge is 0.480 e. The van der Waals surface area contributed by atoms with Crippen molar-refractivity contribution in [1.82, 2.24) is 0 Å². The van der Waals surface area contributed by atoms with Crippen molar-refractivity contribution in [3.05, 3.63) is 28.7 Å². The molecular formula is C10H10BrClO2. The van der Waals surface area contributed by atoms with Crippen LogP contribution in [0.15, 0.2) is 28.7 Å². The lowest BCUT2D eigenvalue weighted by Gasteiger charge is -2.14. The normalized spacial score (nSPS) is 12.2. The maximum atomic E-state index is 10.9. The smallest absolute Gasteiger partial charge is 0.262 e. The Morgan fingerprint density at radius 1 is 1.57 bits per heavy atom. The van der Waals surface area contributed by atoms with Crippen LogP contribution in [0.1, 0.15) is 13.3 Å². The molecule has 0 aliphatic carbocycles. The van der Waals surface area contributed by atoms with Crippen molar-refractivity contribution in [2.75, 3.05) is 0 Å². The Balaban J connectivity index is 2.77. The third-order valence-electron chi connectivity index (χ3n) is 1.73. The average Bonchev–Trinajstić information content (AvgIpc) is 2.16. The summed E-state index contributed by atoms with van der Waals surface area (Å²) in [6.45, 7) is 1.85. The molecule has 1 unspecified atom stereocenters. The zero-order valence-electron chi connectivity index (χ0n) is 7.67. The van der Waals surface area contributed by atoms with Crippen molar-refractivity contribution in [3.63, 3.8) is 0 Å². The fourth-order valence-electron chi connectivity index (χ4n) is 0.984. The van der Waals surface area contributed by atoms with E-state index in [0.29, 0.717) is 12.2 Å². The molecule has 0 saturated carbocycles. The molecule has 0 radical (unpaired) electrons. The molecule has 4 heteroatoms. The number of para-hydroxylation sites is 1. The summed E-state index contributed by atoms with van der Waals surface area (Å²) in [4.78, 5) is 10.9. The second-order valence-corrected chi connectivity index (χ2v) is 3.98. The SMILES string of the molecule is CCC(Oc1ccccc1Br)C(=O)Cl. The van der Waals surface area contributed by atoms with Crippen LogP contribution in [0.4, 0.5) is 0 Å². The summed E-state index contributed by atoms with van der Waals surface area (Å²) in [5, 5.41) is -0.469. The summed E-state index contributed by atoms with van der Waals surface area (Å²) in [7, 11) is 0. The van der Waals surface area contributed by atoms with Gasteiger partial charge in [-0.25, -0.2) is 0 Å². The molecule has 0 fully saturated rings. The minimum atomic E-state index is -0.574. The van der Waals surface area contributed by atoms with E-state index < -0.39 is 11.3 Å². The molecule has 2 nitrogen and oxygen atoms in total. The minimum absolute atomic E-state index is 0.469. The summed E-state index contributed by atoms with van der Waals surface area (Å²) in [6, 6.07) is 7.35. The van der Waals surface area contributed by atoms with E-state index in [-0.39, 0.29) is 0 Å². The van der Waals surface area contributed by atoms with E-state index in [4.69, 9.17) is 16.3 Å². The molecule has 0 aliphatic rings. The maximum Gasteiger partial charge on any atom is 0.262 e. The highest BCUT2D eigenvalue weighted by molar-refractivity contribution is 9.10. The molecule has 0 aliphatic heterocycles. The predicted octanol–water partition coefficient (Wildman–Crippen LogP) is 3.37. The van der Waals surface area contributed by atoms with Gasteiger partial charge in [-0.2, -0.15) is 0 Å². The van der Waals surface area contributed by atoms with E-state index >= 15 is 0 Å². The Morgan fingerprint density at radius 3 is 2.71 bits per heavy atom. The highest BCUT2D eigenvalue weighted by Gasteiger charge is 2.16. The first-order chi connectivity index (χ1) is 6.65. The molecule has 0 N–H and O–H groups in total. The monoisotopic (exact) mass is 276 g/mol. The van der Waals surface area contributed by atoms with Crippen molar-refractivity contribution < 1.29 is 9.53 Å². The van der Waals surface area contributed by atoms with Crippen LogP contribution in [0.25, 0.3) is 0 Å². The predicted molar refractivity (Wildman–Crippen MR) is 59.7 cm³/mol. The van der Waals surface area contributed by atoms with Gasteiger partial charge in [0.25, 0.3) is 5.24 Å². The third-order valence-corrected chi connectivity index (χ3v) is 2.63. The lowest BCUT2D eigenvalue weighted by atomic mass is 10.3. The van der Waals surface area contributed by atoms with E-state index in [1.54, 1.807) is 6.07 Å². The van der Waals surface area contributed by atoms with Gasteiger partial charge in [0.05, 0.1) is 4.47 Å². The molecule has 14 heavy (non-hydrogen) atoms. The number of benzene rings is 1. The van der Waals surface area contributed by atoms with Crippen LogP contribution in [0, 0.1) is 0 Å². The van der Waals surface area contributed by atoms with Crippen LogP contribution >= 0.6 is 27.5 Å². The first-order valence-corrected chi connectivity index (χ1v) is 5.42. The molecule has 0 saturated heterocycles. The molecule has 0 aromatic heterocycles. The Morgan fingerprint density at radius 2 is 2.21 bits per heavy atom. The molecule has 0 amide bonds. The number of hydrogen-bond acceptors (Lipinski definition) is 2. The molecule has 1 atom stereocenters. The van der Waals surface area contributed by atoms with Gasteiger partial charge >= 0.3 is 0 Å². The number of ether oxygens (including phenoxy) is 1. The molecule has 1 aromatic carbocycles. The maximum absolute atomic E-state index is 10.9. The van der Waals surface area contributed by atoms with Crippen LogP contribution in [0.3, 0.4) is 0 Å². The summed E-state index contributed by atoms with van der Waals surface area (Å²) < 4.78 is 6.24. The quantitative estimate of drug-likeness (QED) is 0.789. The van der Waals surface area contributed by atoms with Gasteiger partial charge in [-0.05, 0) is 46.1 Å². The van der Waals surface area contributed by atoms with Gasteiger partial charge in [0.15, 0.2) is 6.10 Å². The van der Waals surface area contributed by atoms with Gasteiger partial charge < -0.3 is 4.74 Å². The van der Waals surface area contributed by atoms with E-state index in [2.05, 4.69) is 15.9 Å². The summed E-state index contributed by atoms with van der Waals surface area (Å²) in [6.07, 6.45) is -0.0145. The number of rotatable bonds is 4. The number of hydrogen-bond donors (Lipinski definition) is 0. The van der Waals surface area contributed by atoms with Crippen LogP contribution in [-0.4, -0.2) is 11.3 Å². The fourth-order valence-corrected chi connectivity index (χ4v) is 1.56. The first kappa shape index (κ1) is 11.5. The van der Waals surface area contributed by atoms with Gasteiger partial charge in [-0.15, -0.1) is 0 Å². The van der Waals surface area contributed by atoms with E-state index in [9.17, 15) is 4.79 Å². The van der Waals surface area contributed by atoms with Gasteiger partial charge in [-0.1, -0.05) is 19.1 Å². The zero-order valence-corrected chi connectivity index (χ0v) is 10.0. The lowest BCUT2D eigenvalue weighted by Crippen LogP contribution is -2.22. The van der Waals surface area contributed by atoms with E-state index in [1.807, 2.05) is 25.1 Å². The second-order valence-electron chi connectivity index (χ2n) is 2.75. The van der Waals surface area contributed by atoms with Crippen LogP contribution in [0.2, 0.25) is 0 Å². The number of carbonyl (C=O) groups excluding carboxylic acids is 1. The van der Waals surface area contributed by atoms with Gasteiger partial charge in [0.2, 0.25) is 0 Å². The third kappa shape index (κ3) is 3.00. The molecule has 1 rings (SSSR count). The summed E-state index contributed by atoms with van der Waals surface area (Å²) in [5.41, 5.74) is 0. The Kier molecular flexibility index (Phi) is 4.42. The van der Waals surface area contributed by atoms with Crippen molar-refractivity contribution in [3.8, 4) is 5.75 Å². The van der Waals surface area contributed by atoms with Crippen LogP contribution in [0.5, 0.6) is 5.75 Å². The molecule has 0 spiro atoms.